The van der Waals surface area contributed by atoms with Crippen LogP contribution in [0, 0.1) is 0 Å². The van der Waals surface area contributed by atoms with E-state index in [1.165, 1.54) is 12.8 Å². The molecular weight excluding hydrogens is 204 g/mol. The van der Waals surface area contributed by atoms with Crippen LogP contribution < -0.4 is 0 Å². The maximum Gasteiger partial charge on any atom is 0.0586 e. The van der Waals surface area contributed by atoms with Gasteiger partial charge in [0.15, 0.2) is 0 Å². The monoisotopic (exact) mass is 228 g/mol. The van der Waals surface area contributed by atoms with Gasteiger partial charge in [-0.25, -0.2) is 0 Å². The van der Waals surface area contributed by atoms with E-state index in [1.54, 1.807) is 0 Å². The normalized spacial score (nSPS) is 32.6. The Kier molecular flexibility index (Phi) is 4.58. The highest BCUT2D eigenvalue weighted by molar-refractivity contribution is 4.82. The van der Waals surface area contributed by atoms with Gasteiger partial charge < -0.3 is 10.2 Å². The van der Waals surface area contributed by atoms with Crippen molar-refractivity contribution in [2.45, 2.75) is 37.8 Å². The summed E-state index contributed by atoms with van der Waals surface area (Å²) in [7, 11) is 0. The van der Waals surface area contributed by atoms with Crippen LogP contribution in [0.5, 0.6) is 0 Å². The molecule has 0 aromatic heterocycles. The minimum Gasteiger partial charge on any atom is -0.395 e. The van der Waals surface area contributed by atoms with E-state index in [0.717, 1.165) is 39.0 Å². The van der Waals surface area contributed by atoms with Crippen LogP contribution in [0.3, 0.4) is 0 Å². The first kappa shape index (κ1) is 12.3. The van der Waals surface area contributed by atoms with Crippen LogP contribution in [0.25, 0.3) is 0 Å². The summed E-state index contributed by atoms with van der Waals surface area (Å²) in [6.45, 7) is 4.93. The predicted molar refractivity (Wildman–Crippen MR) is 63.4 cm³/mol. The topological polar surface area (TPSA) is 46.9 Å². The molecule has 0 aromatic rings. The average molecular weight is 228 g/mol. The summed E-state index contributed by atoms with van der Waals surface area (Å²) in [5.74, 6) is 0. The lowest BCUT2D eigenvalue weighted by molar-refractivity contribution is 0.118. The predicted octanol–water partition coefficient (Wildman–Crippen LogP) is -0.100. The fourth-order valence-corrected chi connectivity index (χ4v) is 3.05. The van der Waals surface area contributed by atoms with Crippen LogP contribution in [0.15, 0.2) is 0 Å². The average Bonchev–Trinajstić information content (AvgIpc) is 2.94. The number of likely N-dealkylation sites (tertiary alicyclic amines) is 2. The molecular formula is C12H24N2O2. The third-order valence-corrected chi connectivity index (χ3v) is 4.09. The number of hydrogen-bond acceptors (Lipinski definition) is 4. The lowest BCUT2D eigenvalue weighted by Gasteiger charge is -2.28. The van der Waals surface area contributed by atoms with Crippen molar-refractivity contribution in [2.75, 3.05) is 39.4 Å². The number of aliphatic hydroxyl groups is 2. The maximum atomic E-state index is 9.23. The molecule has 2 heterocycles. The molecule has 0 saturated carbocycles. The highest BCUT2D eigenvalue weighted by Crippen LogP contribution is 2.19. The fourth-order valence-electron chi connectivity index (χ4n) is 3.05. The zero-order valence-corrected chi connectivity index (χ0v) is 10.0. The Bertz CT molecular complexity index is 191. The zero-order valence-electron chi connectivity index (χ0n) is 10.0. The molecule has 2 atom stereocenters. The summed E-state index contributed by atoms with van der Waals surface area (Å²) in [4.78, 5) is 4.79. The number of rotatable bonds is 5. The van der Waals surface area contributed by atoms with Crippen LogP contribution in [0.1, 0.15) is 25.7 Å². The highest BCUT2D eigenvalue weighted by Gasteiger charge is 2.27. The Hall–Kier alpha value is -0.160. The third kappa shape index (κ3) is 2.74. The smallest absolute Gasteiger partial charge is 0.0586 e. The Morgan fingerprint density at radius 1 is 0.812 bits per heavy atom. The van der Waals surface area contributed by atoms with E-state index in [9.17, 15) is 10.2 Å². The fraction of sp³-hybridized carbons (Fsp3) is 1.00. The third-order valence-electron chi connectivity index (χ3n) is 4.09. The van der Waals surface area contributed by atoms with Crippen molar-refractivity contribution in [2.24, 2.45) is 0 Å². The SMILES string of the molecule is OC[C@@H]1CCCN1CCN1CCC[C@H]1CO. The maximum absolute atomic E-state index is 9.23. The van der Waals surface area contributed by atoms with Gasteiger partial charge in [0.25, 0.3) is 0 Å². The van der Waals surface area contributed by atoms with Crippen molar-refractivity contribution in [3.63, 3.8) is 0 Å². The molecule has 16 heavy (non-hydrogen) atoms. The highest BCUT2D eigenvalue weighted by atomic mass is 16.3. The van der Waals surface area contributed by atoms with E-state index < -0.39 is 0 Å². The van der Waals surface area contributed by atoms with Gasteiger partial charge in [-0.05, 0) is 38.8 Å². The van der Waals surface area contributed by atoms with Gasteiger partial charge >= 0.3 is 0 Å². The number of nitrogens with zero attached hydrogens (tertiary/aromatic N) is 2. The van der Waals surface area contributed by atoms with Crippen molar-refractivity contribution in [1.29, 1.82) is 0 Å². The molecule has 2 aliphatic heterocycles. The van der Waals surface area contributed by atoms with Gasteiger partial charge in [-0.1, -0.05) is 0 Å². The molecule has 0 spiro atoms. The van der Waals surface area contributed by atoms with E-state index in [2.05, 4.69) is 9.80 Å². The van der Waals surface area contributed by atoms with Gasteiger partial charge in [0, 0.05) is 25.2 Å². The molecule has 2 rings (SSSR count). The lowest BCUT2D eigenvalue weighted by Crippen LogP contribution is -2.41. The van der Waals surface area contributed by atoms with Gasteiger partial charge in [-0.2, -0.15) is 0 Å². The standard InChI is InChI=1S/C12H24N2O2/c15-9-11-3-1-5-13(11)7-8-14-6-2-4-12(14)10-16/h11-12,15-16H,1-10H2/t11-,12-/m0/s1. The molecule has 4 nitrogen and oxygen atoms in total. The Morgan fingerprint density at radius 3 is 1.62 bits per heavy atom. The quantitative estimate of drug-likeness (QED) is 0.690. The zero-order chi connectivity index (χ0) is 11.4. The first-order chi connectivity index (χ1) is 7.85. The molecule has 0 radical (unpaired) electrons. The molecule has 0 bridgehead atoms. The first-order valence-electron chi connectivity index (χ1n) is 6.55. The Labute approximate surface area is 97.9 Å². The van der Waals surface area contributed by atoms with E-state index in [-0.39, 0.29) is 0 Å². The summed E-state index contributed by atoms with van der Waals surface area (Å²) in [6.07, 6.45) is 4.71. The van der Waals surface area contributed by atoms with Crippen LogP contribution in [0.4, 0.5) is 0 Å². The van der Waals surface area contributed by atoms with Gasteiger partial charge in [0.1, 0.15) is 0 Å². The van der Waals surface area contributed by atoms with Crippen LogP contribution in [0.2, 0.25) is 0 Å². The van der Waals surface area contributed by atoms with Gasteiger partial charge in [-0.15, -0.1) is 0 Å². The van der Waals surface area contributed by atoms with E-state index in [0.29, 0.717) is 25.3 Å². The van der Waals surface area contributed by atoms with Crippen LogP contribution >= 0.6 is 0 Å². The van der Waals surface area contributed by atoms with E-state index >= 15 is 0 Å². The molecule has 0 unspecified atom stereocenters. The van der Waals surface area contributed by atoms with Crippen molar-refractivity contribution < 1.29 is 10.2 Å². The summed E-state index contributed by atoms with van der Waals surface area (Å²) in [5.41, 5.74) is 0. The summed E-state index contributed by atoms with van der Waals surface area (Å²) >= 11 is 0. The van der Waals surface area contributed by atoms with Gasteiger partial charge in [0.2, 0.25) is 0 Å². The first-order valence-corrected chi connectivity index (χ1v) is 6.55. The Balaban J connectivity index is 1.74. The van der Waals surface area contributed by atoms with E-state index in [4.69, 9.17) is 0 Å². The molecule has 0 aromatic carbocycles. The summed E-state index contributed by atoms with van der Waals surface area (Å²) in [5, 5.41) is 18.5. The number of hydrogen-bond donors (Lipinski definition) is 2. The van der Waals surface area contributed by atoms with Crippen LogP contribution in [-0.2, 0) is 0 Å². The molecule has 0 aliphatic carbocycles. The van der Waals surface area contributed by atoms with Crippen molar-refractivity contribution >= 4 is 0 Å². The largest absolute Gasteiger partial charge is 0.395 e. The Morgan fingerprint density at radius 2 is 1.25 bits per heavy atom. The van der Waals surface area contributed by atoms with Crippen molar-refractivity contribution in [3.05, 3.63) is 0 Å². The molecule has 2 N–H and O–H groups in total. The molecule has 0 amide bonds. The molecule has 4 heteroatoms. The molecule has 2 saturated heterocycles. The summed E-state index contributed by atoms with van der Waals surface area (Å²) in [6, 6.07) is 0.769. The van der Waals surface area contributed by atoms with E-state index in [1.807, 2.05) is 0 Å². The minimum absolute atomic E-state index is 0.295. The second kappa shape index (κ2) is 5.96. The van der Waals surface area contributed by atoms with Crippen LogP contribution in [-0.4, -0.2) is 71.5 Å². The lowest BCUT2D eigenvalue weighted by atomic mass is 10.2. The second-order valence-electron chi connectivity index (χ2n) is 5.03. The summed E-state index contributed by atoms with van der Waals surface area (Å²) < 4.78 is 0. The minimum atomic E-state index is 0.295. The van der Waals surface area contributed by atoms with Gasteiger partial charge in [-0.3, -0.25) is 9.80 Å². The number of aliphatic hydroxyl groups excluding tert-OH is 2. The molecule has 2 fully saturated rings. The van der Waals surface area contributed by atoms with Crippen molar-refractivity contribution in [1.82, 2.24) is 9.80 Å². The van der Waals surface area contributed by atoms with Gasteiger partial charge in [0.05, 0.1) is 13.2 Å². The van der Waals surface area contributed by atoms with Crippen molar-refractivity contribution in [3.8, 4) is 0 Å². The second-order valence-corrected chi connectivity index (χ2v) is 5.03. The molecule has 94 valence electrons. The molecule has 2 aliphatic rings.